The molecule has 134 valence electrons. The van der Waals surface area contributed by atoms with Crippen molar-refractivity contribution in [1.29, 1.82) is 0 Å². The van der Waals surface area contributed by atoms with Crippen LogP contribution in [-0.4, -0.2) is 24.6 Å². The molecule has 6 heteroatoms. The van der Waals surface area contributed by atoms with Gasteiger partial charge in [0.15, 0.2) is 0 Å². The molecule has 2 amide bonds. The van der Waals surface area contributed by atoms with Gasteiger partial charge in [-0.1, -0.05) is 31.2 Å². The Morgan fingerprint density at radius 3 is 2.58 bits per heavy atom. The molecule has 1 saturated heterocycles. The summed E-state index contributed by atoms with van der Waals surface area (Å²) in [6.07, 6.45) is 2.54. The van der Waals surface area contributed by atoms with Crippen molar-refractivity contribution in [2.75, 3.05) is 11.4 Å². The first-order valence-corrected chi connectivity index (χ1v) is 8.54. The Morgan fingerprint density at radius 2 is 1.92 bits per heavy atom. The maximum atomic E-state index is 12.8. The summed E-state index contributed by atoms with van der Waals surface area (Å²) < 4.78 is 12.8. The maximum absolute atomic E-state index is 12.8. The van der Waals surface area contributed by atoms with Gasteiger partial charge in [0.05, 0.1) is 12.1 Å². The van der Waals surface area contributed by atoms with Crippen LogP contribution in [0.25, 0.3) is 0 Å². The molecule has 0 aromatic heterocycles. The molecule has 0 saturated carbocycles. The summed E-state index contributed by atoms with van der Waals surface area (Å²) in [6.45, 7) is 2.41. The van der Waals surface area contributed by atoms with E-state index < -0.39 is 5.92 Å². The smallest absolute Gasteiger partial charge is 0.245 e. The van der Waals surface area contributed by atoms with Crippen molar-refractivity contribution in [3.05, 3.63) is 65.5 Å². The molecule has 1 fully saturated rings. The Morgan fingerprint density at radius 1 is 1.23 bits per heavy atom. The molecule has 1 unspecified atom stereocenters. The summed E-state index contributed by atoms with van der Waals surface area (Å²) >= 11 is 0. The lowest BCUT2D eigenvalue weighted by Gasteiger charge is -2.16. The van der Waals surface area contributed by atoms with Crippen LogP contribution in [-0.2, 0) is 16.0 Å². The van der Waals surface area contributed by atoms with E-state index in [1.54, 1.807) is 17.0 Å². The predicted octanol–water partition coefficient (Wildman–Crippen LogP) is 2.89. The molecular formula is C20H20FN3O2. The number of carbonyl (C=O) groups is 2. The molecule has 0 spiro atoms. The summed E-state index contributed by atoms with van der Waals surface area (Å²) in [7, 11) is 0. The predicted molar refractivity (Wildman–Crippen MR) is 98.4 cm³/mol. The van der Waals surface area contributed by atoms with Gasteiger partial charge in [-0.25, -0.2) is 9.82 Å². The number of halogens is 1. The Kier molecular flexibility index (Phi) is 5.41. The molecule has 0 aliphatic carbocycles. The minimum absolute atomic E-state index is 0.0723. The zero-order valence-corrected chi connectivity index (χ0v) is 14.5. The highest BCUT2D eigenvalue weighted by molar-refractivity contribution is 6.00. The van der Waals surface area contributed by atoms with Gasteiger partial charge in [0.1, 0.15) is 5.82 Å². The third-order valence-corrected chi connectivity index (χ3v) is 4.41. The van der Waals surface area contributed by atoms with E-state index >= 15 is 0 Å². The van der Waals surface area contributed by atoms with E-state index in [0.717, 1.165) is 12.1 Å². The second kappa shape index (κ2) is 7.91. The van der Waals surface area contributed by atoms with Gasteiger partial charge in [-0.3, -0.25) is 9.59 Å². The van der Waals surface area contributed by atoms with E-state index in [1.807, 2.05) is 24.3 Å². The molecule has 1 aliphatic rings. The van der Waals surface area contributed by atoms with Crippen LogP contribution in [0, 0.1) is 11.7 Å². The number of nitrogens with zero attached hydrogens (tertiary/aromatic N) is 2. The standard InChI is InChI=1S/C20H20FN3O2/c1-2-14-5-9-18(10-6-14)24-13-16(11-19(24)25)20(26)23-22-12-15-3-7-17(21)8-4-15/h3-10,12,16H,2,11,13H2,1H3,(H,23,26). The second-order valence-electron chi connectivity index (χ2n) is 6.21. The fraction of sp³-hybridized carbons (Fsp3) is 0.250. The Bertz CT molecular complexity index is 816. The Hall–Kier alpha value is -3.02. The van der Waals surface area contributed by atoms with Crippen LogP contribution >= 0.6 is 0 Å². The molecule has 1 N–H and O–H groups in total. The number of benzene rings is 2. The normalized spacial score (nSPS) is 17.1. The van der Waals surface area contributed by atoms with E-state index in [1.165, 1.54) is 23.9 Å². The van der Waals surface area contributed by atoms with Crippen LogP contribution in [0.4, 0.5) is 10.1 Å². The number of aryl methyl sites for hydroxylation is 1. The molecule has 5 nitrogen and oxygen atoms in total. The number of nitrogens with one attached hydrogen (secondary N) is 1. The minimum Gasteiger partial charge on any atom is -0.312 e. The van der Waals surface area contributed by atoms with Crippen LogP contribution < -0.4 is 10.3 Å². The third kappa shape index (κ3) is 4.14. The third-order valence-electron chi connectivity index (χ3n) is 4.41. The van der Waals surface area contributed by atoms with Crippen molar-refractivity contribution in [2.45, 2.75) is 19.8 Å². The summed E-state index contributed by atoms with van der Waals surface area (Å²) in [6, 6.07) is 13.6. The summed E-state index contributed by atoms with van der Waals surface area (Å²) in [4.78, 5) is 26.1. The number of anilines is 1. The summed E-state index contributed by atoms with van der Waals surface area (Å²) in [5, 5.41) is 3.88. The first-order valence-electron chi connectivity index (χ1n) is 8.54. The molecule has 0 radical (unpaired) electrons. The molecular weight excluding hydrogens is 333 g/mol. The first-order chi connectivity index (χ1) is 12.6. The first kappa shape index (κ1) is 17.8. The van der Waals surface area contributed by atoms with Crippen molar-refractivity contribution in [3.8, 4) is 0 Å². The highest BCUT2D eigenvalue weighted by Gasteiger charge is 2.35. The van der Waals surface area contributed by atoms with E-state index in [2.05, 4.69) is 17.5 Å². The molecule has 26 heavy (non-hydrogen) atoms. The van der Waals surface area contributed by atoms with Gasteiger partial charge in [0.2, 0.25) is 11.8 Å². The van der Waals surface area contributed by atoms with Crippen LogP contribution in [0.3, 0.4) is 0 Å². The fourth-order valence-corrected chi connectivity index (χ4v) is 2.85. The summed E-state index contributed by atoms with van der Waals surface area (Å²) in [5.74, 6) is -1.15. The van der Waals surface area contributed by atoms with Crippen LogP contribution in [0.2, 0.25) is 0 Å². The SMILES string of the molecule is CCc1ccc(N2CC(C(=O)NN=Cc3ccc(F)cc3)CC2=O)cc1. The molecule has 1 atom stereocenters. The van der Waals surface area contributed by atoms with Crippen LogP contribution in [0.1, 0.15) is 24.5 Å². The fourth-order valence-electron chi connectivity index (χ4n) is 2.85. The Labute approximate surface area is 151 Å². The van der Waals surface area contributed by atoms with E-state index in [4.69, 9.17) is 0 Å². The number of amides is 2. The zero-order valence-electron chi connectivity index (χ0n) is 14.5. The van der Waals surface area contributed by atoms with Crippen molar-refractivity contribution < 1.29 is 14.0 Å². The van der Waals surface area contributed by atoms with Crippen molar-refractivity contribution in [3.63, 3.8) is 0 Å². The average Bonchev–Trinajstić information content (AvgIpc) is 3.05. The number of carbonyl (C=O) groups excluding carboxylic acids is 2. The zero-order chi connectivity index (χ0) is 18.5. The lowest BCUT2D eigenvalue weighted by molar-refractivity contribution is -0.126. The van der Waals surface area contributed by atoms with Crippen molar-refractivity contribution >= 4 is 23.7 Å². The lowest BCUT2D eigenvalue weighted by atomic mass is 10.1. The number of hydrogen-bond donors (Lipinski definition) is 1. The lowest BCUT2D eigenvalue weighted by Crippen LogP contribution is -2.30. The topological polar surface area (TPSA) is 61.8 Å². The average molecular weight is 353 g/mol. The Balaban J connectivity index is 1.58. The summed E-state index contributed by atoms with van der Waals surface area (Å²) in [5.41, 5.74) is 5.13. The van der Waals surface area contributed by atoms with Gasteiger partial charge in [0, 0.05) is 18.7 Å². The molecule has 3 rings (SSSR count). The largest absolute Gasteiger partial charge is 0.312 e. The highest BCUT2D eigenvalue weighted by Crippen LogP contribution is 2.25. The number of hydrazone groups is 1. The quantitative estimate of drug-likeness (QED) is 0.664. The highest BCUT2D eigenvalue weighted by atomic mass is 19.1. The molecule has 2 aromatic carbocycles. The van der Waals surface area contributed by atoms with E-state index in [9.17, 15) is 14.0 Å². The van der Waals surface area contributed by atoms with E-state index in [-0.39, 0.29) is 24.1 Å². The monoisotopic (exact) mass is 353 g/mol. The molecule has 0 bridgehead atoms. The maximum Gasteiger partial charge on any atom is 0.245 e. The van der Waals surface area contributed by atoms with Crippen molar-refractivity contribution in [2.24, 2.45) is 11.0 Å². The van der Waals surface area contributed by atoms with Gasteiger partial charge in [-0.05, 0) is 41.8 Å². The molecule has 1 heterocycles. The van der Waals surface area contributed by atoms with Crippen LogP contribution in [0.5, 0.6) is 0 Å². The van der Waals surface area contributed by atoms with E-state index in [0.29, 0.717) is 12.1 Å². The van der Waals surface area contributed by atoms with Crippen molar-refractivity contribution in [1.82, 2.24) is 5.43 Å². The van der Waals surface area contributed by atoms with Gasteiger partial charge in [-0.2, -0.15) is 5.10 Å². The van der Waals surface area contributed by atoms with Gasteiger partial charge >= 0.3 is 0 Å². The van der Waals surface area contributed by atoms with Gasteiger partial charge < -0.3 is 4.90 Å². The number of rotatable bonds is 5. The second-order valence-corrected chi connectivity index (χ2v) is 6.21. The minimum atomic E-state index is -0.446. The molecule has 2 aromatic rings. The van der Waals surface area contributed by atoms with Crippen LogP contribution in [0.15, 0.2) is 53.6 Å². The molecule has 1 aliphatic heterocycles. The number of hydrogen-bond acceptors (Lipinski definition) is 3. The van der Waals surface area contributed by atoms with Gasteiger partial charge in [0.25, 0.3) is 0 Å². The van der Waals surface area contributed by atoms with Gasteiger partial charge in [-0.15, -0.1) is 0 Å².